The lowest BCUT2D eigenvalue weighted by Gasteiger charge is -2.20. The van der Waals surface area contributed by atoms with Gasteiger partial charge in [-0.05, 0) is 36.6 Å². The summed E-state index contributed by atoms with van der Waals surface area (Å²) < 4.78 is 9.99. The minimum absolute atomic E-state index is 0.0260. The fourth-order valence-electron chi connectivity index (χ4n) is 3.02. The number of hydrogen-bond acceptors (Lipinski definition) is 5. The summed E-state index contributed by atoms with van der Waals surface area (Å²) in [5, 5.41) is 12.5. The molecule has 0 spiro atoms. The fraction of sp³-hybridized carbons (Fsp3) is 0.500. The number of carbonyl (C=O) groups excluding carboxylic acids is 2. The van der Waals surface area contributed by atoms with E-state index in [1.54, 1.807) is 12.1 Å². The van der Waals surface area contributed by atoms with Crippen LogP contribution in [-0.4, -0.2) is 36.7 Å². The smallest absolute Gasteiger partial charge is 0.331 e. The predicted octanol–water partition coefficient (Wildman–Crippen LogP) is 3.19. The number of rotatable bonds is 6. The molecule has 2 N–H and O–H groups in total. The van der Waals surface area contributed by atoms with Crippen LogP contribution in [0.25, 0.3) is 6.08 Å². The van der Waals surface area contributed by atoms with E-state index in [-0.39, 0.29) is 24.3 Å². The molecule has 0 saturated heterocycles. The molecule has 6 nitrogen and oxygen atoms in total. The highest BCUT2D eigenvalue weighted by molar-refractivity contribution is 5.89. The number of hydrogen-bond donors (Lipinski definition) is 2. The molecule has 1 aliphatic rings. The minimum atomic E-state index is -0.593. The average molecular weight is 361 g/mol. The van der Waals surface area contributed by atoms with Gasteiger partial charge in [0.15, 0.2) is 18.1 Å². The first-order valence-corrected chi connectivity index (χ1v) is 9.09. The summed E-state index contributed by atoms with van der Waals surface area (Å²) in [6.07, 6.45) is 10.7. The fourth-order valence-corrected chi connectivity index (χ4v) is 3.02. The van der Waals surface area contributed by atoms with Crippen LogP contribution in [0.3, 0.4) is 0 Å². The predicted molar refractivity (Wildman–Crippen MR) is 98.9 cm³/mol. The Morgan fingerprint density at radius 3 is 2.58 bits per heavy atom. The third-order valence-corrected chi connectivity index (χ3v) is 4.43. The molecular weight excluding hydrogens is 334 g/mol. The van der Waals surface area contributed by atoms with Crippen molar-refractivity contribution >= 4 is 18.0 Å². The molecule has 1 aromatic rings. The van der Waals surface area contributed by atoms with Gasteiger partial charge in [0.25, 0.3) is 5.91 Å². The van der Waals surface area contributed by atoms with E-state index in [1.165, 1.54) is 44.6 Å². The van der Waals surface area contributed by atoms with Crippen LogP contribution in [0.1, 0.15) is 50.5 Å². The molecule has 26 heavy (non-hydrogen) atoms. The molecule has 0 unspecified atom stereocenters. The van der Waals surface area contributed by atoms with E-state index in [0.717, 1.165) is 25.7 Å². The molecule has 0 bridgehead atoms. The topological polar surface area (TPSA) is 84.9 Å². The molecule has 1 aliphatic carbocycles. The number of benzene rings is 1. The van der Waals surface area contributed by atoms with Gasteiger partial charge in [0.2, 0.25) is 0 Å². The second kappa shape index (κ2) is 10.5. The summed E-state index contributed by atoms with van der Waals surface area (Å²) in [7, 11) is 1.45. The van der Waals surface area contributed by atoms with Crippen LogP contribution >= 0.6 is 0 Å². The molecule has 2 rings (SSSR count). The van der Waals surface area contributed by atoms with Crippen molar-refractivity contribution in [2.45, 2.75) is 51.0 Å². The van der Waals surface area contributed by atoms with Crippen molar-refractivity contribution in [3.05, 3.63) is 29.8 Å². The van der Waals surface area contributed by atoms with Gasteiger partial charge in [0.1, 0.15) is 0 Å². The molecule has 0 atom stereocenters. The van der Waals surface area contributed by atoms with Gasteiger partial charge in [-0.25, -0.2) is 4.79 Å². The quantitative estimate of drug-likeness (QED) is 0.600. The van der Waals surface area contributed by atoms with Crippen molar-refractivity contribution in [1.82, 2.24) is 5.32 Å². The minimum Gasteiger partial charge on any atom is -0.504 e. The SMILES string of the molecule is COc1cc(/C=C/C(=O)OCC(=O)NC2CCCCCCC2)ccc1O. The van der Waals surface area contributed by atoms with Crippen LogP contribution < -0.4 is 10.1 Å². The molecule has 0 aliphatic heterocycles. The molecule has 142 valence electrons. The third-order valence-electron chi connectivity index (χ3n) is 4.43. The van der Waals surface area contributed by atoms with Crippen molar-refractivity contribution < 1.29 is 24.2 Å². The summed E-state index contributed by atoms with van der Waals surface area (Å²) in [4.78, 5) is 23.7. The van der Waals surface area contributed by atoms with Crippen molar-refractivity contribution in [2.24, 2.45) is 0 Å². The zero-order chi connectivity index (χ0) is 18.8. The lowest BCUT2D eigenvalue weighted by Crippen LogP contribution is -2.37. The van der Waals surface area contributed by atoms with Gasteiger partial charge in [0, 0.05) is 12.1 Å². The maximum atomic E-state index is 12.0. The van der Waals surface area contributed by atoms with Crippen molar-refractivity contribution in [3.63, 3.8) is 0 Å². The first kappa shape index (κ1) is 19.8. The normalized spacial score (nSPS) is 15.9. The summed E-state index contributed by atoms with van der Waals surface area (Å²) in [5.41, 5.74) is 0.676. The molecular formula is C20H27NO5. The highest BCUT2D eigenvalue weighted by Gasteiger charge is 2.14. The van der Waals surface area contributed by atoms with Crippen LogP contribution in [0, 0.1) is 0 Å². The third kappa shape index (κ3) is 6.78. The van der Waals surface area contributed by atoms with E-state index < -0.39 is 5.97 Å². The van der Waals surface area contributed by atoms with E-state index in [9.17, 15) is 14.7 Å². The highest BCUT2D eigenvalue weighted by Crippen LogP contribution is 2.26. The van der Waals surface area contributed by atoms with Gasteiger partial charge in [-0.15, -0.1) is 0 Å². The maximum absolute atomic E-state index is 12.0. The second-order valence-corrected chi connectivity index (χ2v) is 6.48. The van der Waals surface area contributed by atoms with Crippen molar-refractivity contribution in [3.8, 4) is 11.5 Å². The number of esters is 1. The van der Waals surface area contributed by atoms with Crippen LogP contribution in [0.15, 0.2) is 24.3 Å². The lowest BCUT2D eigenvalue weighted by molar-refractivity contribution is -0.144. The number of aromatic hydroxyl groups is 1. The Labute approximate surface area is 154 Å². The Bertz CT molecular complexity index is 633. The number of ether oxygens (including phenoxy) is 2. The monoisotopic (exact) mass is 361 g/mol. The number of phenols is 1. The molecule has 0 aromatic heterocycles. The zero-order valence-corrected chi connectivity index (χ0v) is 15.2. The van der Waals surface area contributed by atoms with Gasteiger partial charge in [0.05, 0.1) is 7.11 Å². The van der Waals surface area contributed by atoms with E-state index in [2.05, 4.69) is 5.32 Å². The van der Waals surface area contributed by atoms with Gasteiger partial charge in [-0.2, -0.15) is 0 Å². The number of nitrogens with one attached hydrogen (secondary N) is 1. The van der Waals surface area contributed by atoms with Crippen LogP contribution in [0.2, 0.25) is 0 Å². The number of methoxy groups -OCH3 is 1. The summed E-state index contributed by atoms with van der Waals surface area (Å²) in [6.45, 7) is -0.279. The Hall–Kier alpha value is -2.50. The Morgan fingerprint density at radius 1 is 1.19 bits per heavy atom. The summed E-state index contributed by atoms with van der Waals surface area (Å²) in [5.74, 6) is -0.509. The largest absolute Gasteiger partial charge is 0.504 e. The van der Waals surface area contributed by atoms with Gasteiger partial charge >= 0.3 is 5.97 Å². The number of amides is 1. The van der Waals surface area contributed by atoms with Gasteiger partial charge in [-0.3, -0.25) is 4.79 Å². The Kier molecular flexibility index (Phi) is 7.99. The standard InChI is InChI=1S/C20H27NO5/c1-25-18-13-15(9-11-17(18)22)10-12-20(24)26-14-19(23)21-16-7-5-3-2-4-6-8-16/h9-13,16,22H,2-8,14H2,1H3,(H,21,23)/b12-10+. The molecule has 1 aromatic carbocycles. The first-order chi connectivity index (χ1) is 12.6. The molecule has 1 amide bonds. The van der Waals surface area contributed by atoms with Crippen LogP contribution in [-0.2, 0) is 14.3 Å². The molecule has 0 heterocycles. The molecule has 6 heteroatoms. The van der Waals surface area contributed by atoms with Crippen molar-refractivity contribution in [1.29, 1.82) is 0 Å². The van der Waals surface area contributed by atoms with Crippen molar-refractivity contribution in [2.75, 3.05) is 13.7 Å². The van der Waals surface area contributed by atoms with E-state index in [1.807, 2.05) is 0 Å². The molecule has 1 fully saturated rings. The second-order valence-electron chi connectivity index (χ2n) is 6.48. The van der Waals surface area contributed by atoms with E-state index in [0.29, 0.717) is 11.3 Å². The molecule has 0 radical (unpaired) electrons. The maximum Gasteiger partial charge on any atom is 0.331 e. The molecule has 1 saturated carbocycles. The zero-order valence-electron chi connectivity index (χ0n) is 15.2. The van der Waals surface area contributed by atoms with Crippen LogP contribution in [0.5, 0.6) is 11.5 Å². The van der Waals surface area contributed by atoms with Crippen LogP contribution in [0.4, 0.5) is 0 Å². The summed E-state index contributed by atoms with van der Waals surface area (Å²) in [6, 6.07) is 4.90. The van der Waals surface area contributed by atoms with E-state index in [4.69, 9.17) is 9.47 Å². The summed E-state index contributed by atoms with van der Waals surface area (Å²) >= 11 is 0. The number of phenolic OH excluding ortho intramolecular Hbond substituents is 1. The van der Waals surface area contributed by atoms with Gasteiger partial charge in [-0.1, -0.05) is 38.2 Å². The van der Waals surface area contributed by atoms with Gasteiger partial charge < -0.3 is 19.9 Å². The van der Waals surface area contributed by atoms with E-state index >= 15 is 0 Å². The Balaban J connectivity index is 1.75. The first-order valence-electron chi connectivity index (χ1n) is 9.09. The lowest BCUT2D eigenvalue weighted by atomic mass is 9.97. The number of carbonyl (C=O) groups is 2. The highest BCUT2D eigenvalue weighted by atomic mass is 16.5. The average Bonchev–Trinajstić information content (AvgIpc) is 2.61. The Morgan fingerprint density at radius 2 is 1.88 bits per heavy atom.